The first-order valence-electron chi connectivity index (χ1n) is 5.15. The molecule has 0 radical (unpaired) electrons. The van der Waals surface area contributed by atoms with Gasteiger partial charge in [0.2, 0.25) is 0 Å². The van der Waals surface area contributed by atoms with Crippen LogP contribution in [-0.4, -0.2) is 6.10 Å². The van der Waals surface area contributed by atoms with E-state index in [4.69, 9.17) is 15.7 Å². The Kier molecular flexibility index (Phi) is 3.99. The lowest BCUT2D eigenvalue weighted by molar-refractivity contribution is 0.253. The molecular formula is C12H16N2O. The Balaban J connectivity index is 2.83. The lowest BCUT2D eigenvalue weighted by Crippen LogP contribution is -2.13. The molecule has 0 aromatic heterocycles. The zero-order valence-electron chi connectivity index (χ0n) is 9.16. The molecule has 80 valence electrons. The van der Waals surface area contributed by atoms with Gasteiger partial charge in [-0.2, -0.15) is 5.26 Å². The van der Waals surface area contributed by atoms with Gasteiger partial charge in [-0.25, -0.2) is 0 Å². The van der Waals surface area contributed by atoms with E-state index in [9.17, 15) is 0 Å². The SMILES string of the molecule is CCc1ccc(OC(C#N)CC)c(N)c1. The number of aryl methyl sites for hydroxylation is 1. The van der Waals surface area contributed by atoms with Crippen molar-refractivity contribution in [1.82, 2.24) is 0 Å². The number of hydrogen-bond donors (Lipinski definition) is 1. The van der Waals surface area contributed by atoms with Gasteiger partial charge in [0.1, 0.15) is 11.8 Å². The van der Waals surface area contributed by atoms with Crippen LogP contribution in [0.5, 0.6) is 5.75 Å². The summed E-state index contributed by atoms with van der Waals surface area (Å²) in [6.45, 7) is 3.98. The Labute approximate surface area is 90.5 Å². The minimum atomic E-state index is -0.417. The molecule has 0 amide bonds. The Morgan fingerprint density at radius 1 is 1.47 bits per heavy atom. The van der Waals surface area contributed by atoms with Crippen LogP contribution in [-0.2, 0) is 6.42 Å². The molecule has 0 aliphatic heterocycles. The molecule has 3 nitrogen and oxygen atoms in total. The molecule has 0 saturated heterocycles. The maximum absolute atomic E-state index is 8.76. The predicted molar refractivity (Wildman–Crippen MR) is 60.6 cm³/mol. The normalized spacial score (nSPS) is 11.8. The Morgan fingerprint density at radius 3 is 2.67 bits per heavy atom. The second-order valence-electron chi connectivity index (χ2n) is 3.37. The summed E-state index contributed by atoms with van der Waals surface area (Å²) in [7, 11) is 0. The van der Waals surface area contributed by atoms with Gasteiger partial charge in [-0.05, 0) is 30.5 Å². The fourth-order valence-corrected chi connectivity index (χ4v) is 1.28. The summed E-state index contributed by atoms with van der Waals surface area (Å²) in [5.41, 5.74) is 7.59. The fraction of sp³-hybridized carbons (Fsp3) is 0.417. The summed E-state index contributed by atoms with van der Waals surface area (Å²) in [6, 6.07) is 7.76. The monoisotopic (exact) mass is 204 g/mol. The van der Waals surface area contributed by atoms with Gasteiger partial charge in [0.25, 0.3) is 0 Å². The minimum Gasteiger partial charge on any atom is -0.473 e. The summed E-state index contributed by atoms with van der Waals surface area (Å²) in [5, 5.41) is 8.76. The topological polar surface area (TPSA) is 59.0 Å². The number of ether oxygens (including phenoxy) is 1. The van der Waals surface area contributed by atoms with Crippen LogP contribution >= 0.6 is 0 Å². The van der Waals surface area contributed by atoms with Gasteiger partial charge in [0.15, 0.2) is 6.10 Å². The number of nitrogens with two attached hydrogens (primary N) is 1. The van der Waals surface area contributed by atoms with Crippen LogP contribution < -0.4 is 10.5 Å². The molecule has 1 aromatic carbocycles. The number of nitrogen functional groups attached to an aromatic ring is 1. The van der Waals surface area contributed by atoms with E-state index >= 15 is 0 Å². The van der Waals surface area contributed by atoms with Gasteiger partial charge in [-0.15, -0.1) is 0 Å². The van der Waals surface area contributed by atoms with Gasteiger partial charge in [-0.3, -0.25) is 0 Å². The quantitative estimate of drug-likeness (QED) is 0.766. The molecular weight excluding hydrogens is 188 g/mol. The van der Waals surface area contributed by atoms with Gasteiger partial charge in [0, 0.05) is 0 Å². The third-order valence-corrected chi connectivity index (χ3v) is 2.27. The molecule has 2 N–H and O–H groups in total. The molecule has 0 fully saturated rings. The van der Waals surface area contributed by atoms with Crippen LogP contribution in [0.3, 0.4) is 0 Å². The second kappa shape index (κ2) is 5.26. The molecule has 1 unspecified atom stereocenters. The first kappa shape index (κ1) is 11.4. The average molecular weight is 204 g/mol. The zero-order valence-corrected chi connectivity index (χ0v) is 9.16. The minimum absolute atomic E-state index is 0.417. The van der Waals surface area contributed by atoms with Crippen molar-refractivity contribution in [2.75, 3.05) is 5.73 Å². The van der Waals surface area contributed by atoms with Crippen LogP contribution in [0.25, 0.3) is 0 Å². The summed E-state index contributed by atoms with van der Waals surface area (Å²) in [4.78, 5) is 0. The molecule has 15 heavy (non-hydrogen) atoms. The molecule has 1 rings (SSSR count). The van der Waals surface area contributed by atoms with Crippen molar-refractivity contribution in [3.63, 3.8) is 0 Å². The Hall–Kier alpha value is -1.69. The zero-order chi connectivity index (χ0) is 11.3. The average Bonchev–Trinajstić information content (AvgIpc) is 2.27. The van der Waals surface area contributed by atoms with Gasteiger partial charge < -0.3 is 10.5 Å². The van der Waals surface area contributed by atoms with E-state index in [2.05, 4.69) is 13.0 Å². The third kappa shape index (κ3) is 2.88. The van der Waals surface area contributed by atoms with Crippen LogP contribution in [0.15, 0.2) is 18.2 Å². The van der Waals surface area contributed by atoms with Crippen molar-refractivity contribution < 1.29 is 4.74 Å². The van der Waals surface area contributed by atoms with Crippen molar-refractivity contribution >= 4 is 5.69 Å². The Morgan fingerprint density at radius 2 is 2.20 bits per heavy atom. The largest absolute Gasteiger partial charge is 0.473 e. The highest BCUT2D eigenvalue weighted by molar-refractivity contribution is 5.54. The Bertz CT molecular complexity index is 368. The molecule has 0 saturated carbocycles. The van der Waals surface area contributed by atoms with Crippen molar-refractivity contribution in [2.24, 2.45) is 0 Å². The number of rotatable bonds is 4. The maximum Gasteiger partial charge on any atom is 0.184 e. The first-order valence-corrected chi connectivity index (χ1v) is 5.15. The number of benzene rings is 1. The molecule has 0 aliphatic carbocycles. The van der Waals surface area contributed by atoms with E-state index in [1.54, 1.807) is 0 Å². The first-order chi connectivity index (χ1) is 7.21. The fourth-order valence-electron chi connectivity index (χ4n) is 1.28. The smallest absolute Gasteiger partial charge is 0.184 e. The van der Waals surface area contributed by atoms with Crippen molar-refractivity contribution in [3.05, 3.63) is 23.8 Å². The van der Waals surface area contributed by atoms with E-state index in [1.165, 1.54) is 5.56 Å². The van der Waals surface area contributed by atoms with Crippen molar-refractivity contribution in [2.45, 2.75) is 32.8 Å². The summed E-state index contributed by atoms with van der Waals surface area (Å²) >= 11 is 0. The lowest BCUT2D eigenvalue weighted by atomic mass is 10.1. The van der Waals surface area contributed by atoms with E-state index < -0.39 is 6.10 Å². The highest BCUT2D eigenvalue weighted by Crippen LogP contribution is 2.24. The summed E-state index contributed by atoms with van der Waals surface area (Å²) in [5.74, 6) is 0.598. The van der Waals surface area contributed by atoms with Crippen molar-refractivity contribution in [3.8, 4) is 11.8 Å². The summed E-state index contributed by atoms with van der Waals surface area (Å²) in [6.07, 6.45) is 1.19. The maximum atomic E-state index is 8.76. The van der Waals surface area contributed by atoms with Crippen LogP contribution in [0, 0.1) is 11.3 Å². The molecule has 3 heteroatoms. The molecule has 1 aromatic rings. The molecule has 0 bridgehead atoms. The molecule has 1 atom stereocenters. The number of anilines is 1. The second-order valence-corrected chi connectivity index (χ2v) is 3.37. The highest BCUT2D eigenvalue weighted by Gasteiger charge is 2.08. The van der Waals surface area contributed by atoms with E-state index in [-0.39, 0.29) is 0 Å². The van der Waals surface area contributed by atoms with Gasteiger partial charge in [0.05, 0.1) is 5.69 Å². The van der Waals surface area contributed by atoms with E-state index in [0.717, 1.165) is 6.42 Å². The van der Waals surface area contributed by atoms with Crippen LogP contribution in [0.2, 0.25) is 0 Å². The standard InChI is InChI=1S/C12H16N2O/c1-3-9-5-6-12(11(14)7-9)15-10(4-2)8-13/h5-7,10H,3-4,14H2,1-2H3. The lowest BCUT2D eigenvalue weighted by Gasteiger charge is -2.12. The van der Waals surface area contributed by atoms with Crippen LogP contribution in [0.4, 0.5) is 5.69 Å². The predicted octanol–water partition coefficient (Wildman–Crippen LogP) is 2.51. The molecule has 0 aliphatic rings. The van der Waals surface area contributed by atoms with E-state index in [0.29, 0.717) is 17.9 Å². The molecule has 0 heterocycles. The number of nitriles is 1. The highest BCUT2D eigenvalue weighted by atomic mass is 16.5. The van der Waals surface area contributed by atoms with E-state index in [1.807, 2.05) is 25.1 Å². The van der Waals surface area contributed by atoms with Crippen molar-refractivity contribution in [1.29, 1.82) is 5.26 Å². The number of nitrogens with zero attached hydrogens (tertiary/aromatic N) is 1. The molecule has 0 spiro atoms. The number of hydrogen-bond acceptors (Lipinski definition) is 3. The van der Waals surface area contributed by atoms with Crippen LogP contribution in [0.1, 0.15) is 25.8 Å². The van der Waals surface area contributed by atoms with Gasteiger partial charge >= 0.3 is 0 Å². The summed E-state index contributed by atoms with van der Waals surface area (Å²) < 4.78 is 5.46. The van der Waals surface area contributed by atoms with Gasteiger partial charge in [-0.1, -0.05) is 19.9 Å². The third-order valence-electron chi connectivity index (χ3n) is 2.27.